The van der Waals surface area contributed by atoms with Crippen molar-refractivity contribution in [2.45, 2.75) is 32.2 Å². The van der Waals surface area contributed by atoms with E-state index in [0.29, 0.717) is 6.54 Å². The van der Waals surface area contributed by atoms with Crippen LogP contribution in [0.4, 0.5) is 0 Å². The number of rotatable bonds is 9. The van der Waals surface area contributed by atoms with Crippen LogP contribution in [-0.2, 0) is 16.0 Å². The summed E-state index contributed by atoms with van der Waals surface area (Å²) in [7, 11) is 0. The SMILES string of the molecule is C[C@H](N)C(=O)NCCCCOCCc1ccccc1. The van der Waals surface area contributed by atoms with E-state index in [1.54, 1.807) is 6.92 Å². The fourth-order valence-electron chi connectivity index (χ4n) is 1.64. The molecule has 4 nitrogen and oxygen atoms in total. The third kappa shape index (κ3) is 7.59. The molecule has 0 aliphatic heterocycles. The molecule has 1 rings (SSSR count). The first-order valence-electron chi connectivity index (χ1n) is 6.85. The average Bonchev–Trinajstić information content (AvgIpc) is 2.42. The summed E-state index contributed by atoms with van der Waals surface area (Å²) in [5, 5.41) is 2.78. The van der Waals surface area contributed by atoms with E-state index in [2.05, 4.69) is 17.4 Å². The molecule has 0 fully saturated rings. The van der Waals surface area contributed by atoms with E-state index < -0.39 is 6.04 Å². The normalized spacial score (nSPS) is 12.1. The summed E-state index contributed by atoms with van der Waals surface area (Å²) in [4.78, 5) is 11.2. The number of hydrogen-bond acceptors (Lipinski definition) is 3. The van der Waals surface area contributed by atoms with Crippen molar-refractivity contribution in [2.24, 2.45) is 5.73 Å². The van der Waals surface area contributed by atoms with Gasteiger partial charge < -0.3 is 15.8 Å². The van der Waals surface area contributed by atoms with Crippen molar-refractivity contribution in [3.63, 3.8) is 0 Å². The zero-order chi connectivity index (χ0) is 13.9. The molecule has 0 aliphatic carbocycles. The van der Waals surface area contributed by atoms with Crippen LogP contribution in [-0.4, -0.2) is 31.7 Å². The highest BCUT2D eigenvalue weighted by molar-refractivity contribution is 5.80. The molecule has 1 aromatic rings. The summed E-state index contributed by atoms with van der Waals surface area (Å²) < 4.78 is 5.55. The molecule has 4 heteroatoms. The fourth-order valence-corrected chi connectivity index (χ4v) is 1.64. The van der Waals surface area contributed by atoms with Gasteiger partial charge in [-0.25, -0.2) is 0 Å². The lowest BCUT2D eigenvalue weighted by atomic mass is 10.2. The molecule has 1 aromatic carbocycles. The monoisotopic (exact) mass is 264 g/mol. The maximum Gasteiger partial charge on any atom is 0.236 e. The minimum absolute atomic E-state index is 0.0926. The van der Waals surface area contributed by atoms with E-state index in [1.165, 1.54) is 5.56 Å². The van der Waals surface area contributed by atoms with E-state index in [9.17, 15) is 4.79 Å². The summed E-state index contributed by atoms with van der Waals surface area (Å²) in [5.74, 6) is -0.0926. The van der Waals surface area contributed by atoms with Crippen molar-refractivity contribution in [1.29, 1.82) is 0 Å². The van der Waals surface area contributed by atoms with Gasteiger partial charge in [-0.15, -0.1) is 0 Å². The van der Waals surface area contributed by atoms with E-state index in [-0.39, 0.29) is 5.91 Å². The third-order valence-electron chi connectivity index (χ3n) is 2.81. The minimum atomic E-state index is -0.429. The van der Waals surface area contributed by atoms with Gasteiger partial charge in [-0.3, -0.25) is 4.79 Å². The highest BCUT2D eigenvalue weighted by atomic mass is 16.5. The number of nitrogens with two attached hydrogens (primary N) is 1. The lowest BCUT2D eigenvalue weighted by Crippen LogP contribution is -2.38. The lowest BCUT2D eigenvalue weighted by Gasteiger charge is -2.08. The zero-order valence-electron chi connectivity index (χ0n) is 11.6. The Morgan fingerprint density at radius 1 is 1.26 bits per heavy atom. The summed E-state index contributed by atoms with van der Waals surface area (Å²) in [5.41, 5.74) is 6.73. The predicted molar refractivity (Wildman–Crippen MR) is 76.9 cm³/mol. The van der Waals surface area contributed by atoms with Gasteiger partial charge in [-0.05, 0) is 31.7 Å². The number of unbranched alkanes of at least 4 members (excludes halogenated alkanes) is 1. The van der Waals surface area contributed by atoms with Gasteiger partial charge in [-0.2, -0.15) is 0 Å². The Hall–Kier alpha value is -1.39. The van der Waals surface area contributed by atoms with Crippen molar-refractivity contribution in [2.75, 3.05) is 19.8 Å². The Morgan fingerprint density at radius 3 is 2.68 bits per heavy atom. The molecule has 19 heavy (non-hydrogen) atoms. The van der Waals surface area contributed by atoms with Gasteiger partial charge in [0.2, 0.25) is 5.91 Å². The van der Waals surface area contributed by atoms with Gasteiger partial charge >= 0.3 is 0 Å². The standard InChI is InChI=1S/C15H24N2O2/c1-13(16)15(18)17-10-5-6-11-19-12-9-14-7-3-2-4-8-14/h2-4,7-8,13H,5-6,9-12,16H2,1H3,(H,17,18)/t13-/m0/s1. The molecule has 0 heterocycles. The van der Waals surface area contributed by atoms with Crippen molar-refractivity contribution in [3.05, 3.63) is 35.9 Å². The molecule has 0 bridgehead atoms. The molecule has 0 saturated carbocycles. The Kier molecular flexibility index (Phi) is 7.86. The second-order valence-electron chi connectivity index (χ2n) is 4.63. The largest absolute Gasteiger partial charge is 0.381 e. The van der Waals surface area contributed by atoms with Crippen LogP contribution in [0.25, 0.3) is 0 Å². The molecule has 1 amide bonds. The number of carbonyl (C=O) groups is 1. The number of benzene rings is 1. The smallest absolute Gasteiger partial charge is 0.236 e. The number of nitrogens with one attached hydrogen (secondary N) is 1. The van der Waals surface area contributed by atoms with Crippen LogP contribution in [0.15, 0.2) is 30.3 Å². The third-order valence-corrected chi connectivity index (χ3v) is 2.81. The zero-order valence-corrected chi connectivity index (χ0v) is 11.6. The van der Waals surface area contributed by atoms with E-state index >= 15 is 0 Å². The van der Waals surface area contributed by atoms with Gasteiger partial charge in [-0.1, -0.05) is 30.3 Å². The molecule has 0 spiro atoms. The molecule has 0 saturated heterocycles. The second-order valence-corrected chi connectivity index (χ2v) is 4.63. The number of amides is 1. The summed E-state index contributed by atoms with van der Waals surface area (Å²) in [6, 6.07) is 9.87. The Bertz CT molecular complexity index is 352. The van der Waals surface area contributed by atoms with E-state index in [0.717, 1.165) is 32.5 Å². The molecule has 106 valence electrons. The van der Waals surface area contributed by atoms with E-state index in [4.69, 9.17) is 10.5 Å². The molecule has 0 radical (unpaired) electrons. The summed E-state index contributed by atoms with van der Waals surface area (Å²) in [6.45, 7) is 3.83. The second kappa shape index (κ2) is 9.53. The quantitative estimate of drug-likeness (QED) is 0.664. The molecule has 0 unspecified atom stereocenters. The van der Waals surface area contributed by atoms with Gasteiger partial charge in [0.1, 0.15) is 0 Å². The molecular formula is C15H24N2O2. The van der Waals surface area contributed by atoms with Crippen molar-refractivity contribution in [3.8, 4) is 0 Å². The van der Waals surface area contributed by atoms with Gasteiger partial charge in [0.15, 0.2) is 0 Å². The topological polar surface area (TPSA) is 64.4 Å². The van der Waals surface area contributed by atoms with Crippen LogP contribution >= 0.6 is 0 Å². The molecule has 0 aromatic heterocycles. The lowest BCUT2D eigenvalue weighted by molar-refractivity contribution is -0.121. The van der Waals surface area contributed by atoms with Crippen LogP contribution in [0.5, 0.6) is 0 Å². The first-order valence-corrected chi connectivity index (χ1v) is 6.85. The van der Waals surface area contributed by atoms with Crippen LogP contribution in [0.1, 0.15) is 25.3 Å². The minimum Gasteiger partial charge on any atom is -0.381 e. The van der Waals surface area contributed by atoms with Gasteiger partial charge in [0.25, 0.3) is 0 Å². The fraction of sp³-hybridized carbons (Fsp3) is 0.533. The Labute approximate surface area is 115 Å². The van der Waals surface area contributed by atoms with Crippen molar-refractivity contribution >= 4 is 5.91 Å². The highest BCUT2D eigenvalue weighted by Crippen LogP contribution is 2.00. The Balaban J connectivity index is 1.90. The molecule has 3 N–H and O–H groups in total. The number of hydrogen-bond donors (Lipinski definition) is 2. The van der Waals surface area contributed by atoms with Crippen LogP contribution < -0.4 is 11.1 Å². The number of ether oxygens (including phenoxy) is 1. The van der Waals surface area contributed by atoms with Gasteiger partial charge in [0.05, 0.1) is 12.6 Å². The van der Waals surface area contributed by atoms with Crippen LogP contribution in [0, 0.1) is 0 Å². The number of carbonyl (C=O) groups excluding carboxylic acids is 1. The van der Waals surface area contributed by atoms with Crippen LogP contribution in [0.2, 0.25) is 0 Å². The van der Waals surface area contributed by atoms with Crippen LogP contribution in [0.3, 0.4) is 0 Å². The first-order chi connectivity index (χ1) is 9.20. The first kappa shape index (κ1) is 15.7. The van der Waals surface area contributed by atoms with Crippen molar-refractivity contribution < 1.29 is 9.53 Å². The maximum absolute atomic E-state index is 11.2. The average molecular weight is 264 g/mol. The summed E-state index contributed by atoms with van der Waals surface area (Å²) >= 11 is 0. The molecular weight excluding hydrogens is 240 g/mol. The van der Waals surface area contributed by atoms with Crippen molar-refractivity contribution in [1.82, 2.24) is 5.32 Å². The molecule has 1 atom stereocenters. The Morgan fingerprint density at radius 2 is 2.00 bits per heavy atom. The highest BCUT2D eigenvalue weighted by Gasteiger charge is 2.04. The van der Waals surface area contributed by atoms with Gasteiger partial charge in [0, 0.05) is 13.2 Å². The van der Waals surface area contributed by atoms with E-state index in [1.807, 2.05) is 18.2 Å². The maximum atomic E-state index is 11.2. The predicted octanol–water partition coefficient (Wildman–Crippen LogP) is 1.49. The molecule has 0 aliphatic rings. The summed E-state index contributed by atoms with van der Waals surface area (Å²) in [6.07, 6.45) is 2.82.